The predicted molar refractivity (Wildman–Crippen MR) is 102 cm³/mol. The van der Waals surface area contributed by atoms with Gasteiger partial charge in [0, 0.05) is 13.1 Å². The van der Waals surface area contributed by atoms with Crippen LogP contribution in [-0.2, 0) is 0 Å². The van der Waals surface area contributed by atoms with Crippen molar-refractivity contribution >= 4 is 29.0 Å². The molecule has 25 heavy (non-hydrogen) atoms. The molecule has 0 saturated carbocycles. The fourth-order valence-electron chi connectivity index (χ4n) is 3.15. The Morgan fingerprint density at radius 2 is 1.80 bits per heavy atom. The van der Waals surface area contributed by atoms with E-state index in [1.807, 2.05) is 26.0 Å². The van der Waals surface area contributed by atoms with Gasteiger partial charge < -0.3 is 10.2 Å². The zero-order valence-electron chi connectivity index (χ0n) is 14.7. The second kappa shape index (κ2) is 7.83. The van der Waals surface area contributed by atoms with Crippen LogP contribution in [0.4, 0.5) is 11.5 Å². The molecule has 0 radical (unpaired) electrons. The van der Waals surface area contributed by atoms with Crippen LogP contribution in [0.15, 0.2) is 24.5 Å². The Hall–Kier alpha value is -2.14. The number of halogens is 1. The van der Waals surface area contributed by atoms with Crippen molar-refractivity contribution in [2.45, 2.75) is 39.5 Å². The third kappa shape index (κ3) is 4.28. The number of hydrogen-bond donors (Lipinski definition) is 1. The van der Waals surface area contributed by atoms with Crippen molar-refractivity contribution < 1.29 is 4.79 Å². The molecule has 1 N–H and O–H groups in total. The van der Waals surface area contributed by atoms with Crippen LogP contribution in [0.25, 0.3) is 0 Å². The Balaban J connectivity index is 1.73. The average molecular weight is 359 g/mol. The van der Waals surface area contributed by atoms with E-state index in [0.717, 1.165) is 30.0 Å². The van der Waals surface area contributed by atoms with E-state index in [1.165, 1.54) is 31.9 Å². The topological polar surface area (TPSA) is 58.1 Å². The summed E-state index contributed by atoms with van der Waals surface area (Å²) in [4.78, 5) is 23.4. The number of carbonyl (C=O) groups excluding carboxylic acids is 1. The van der Waals surface area contributed by atoms with Gasteiger partial charge in [-0.05, 0) is 43.9 Å². The highest BCUT2D eigenvalue weighted by Crippen LogP contribution is 2.27. The predicted octanol–water partition coefficient (Wildman–Crippen LogP) is 4.38. The van der Waals surface area contributed by atoms with Crippen molar-refractivity contribution in [2.75, 3.05) is 23.3 Å². The van der Waals surface area contributed by atoms with Gasteiger partial charge in [0.15, 0.2) is 0 Å². The van der Waals surface area contributed by atoms with Gasteiger partial charge in [0.2, 0.25) is 0 Å². The van der Waals surface area contributed by atoms with Crippen LogP contribution in [0.3, 0.4) is 0 Å². The molecular weight excluding hydrogens is 336 g/mol. The van der Waals surface area contributed by atoms with Gasteiger partial charge in [-0.25, -0.2) is 9.97 Å². The molecule has 1 fully saturated rings. The molecule has 2 aromatic rings. The summed E-state index contributed by atoms with van der Waals surface area (Å²) in [6.45, 7) is 5.89. The second-order valence-electron chi connectivity index (χ2n) is 6.55. The molecule has 2 heterocycles. The fourth-order valence-corrected chi connectivity index (χ4v) is 3.52. The second-order valence-corrected chi connectivity index (χ2v) is 6.96. The molecule has 1 saturated heterocycles. The zero-order chi connectivity index (χ0) is 17.8. The van der Waals surface area contributed by atoms with Crippen LogP contribution < -0.4 is 10.2 Å². The fraction of sp³-hybridized carbons (Fsp3) is 0.421. The smallest absolute Gasteiger partial charge is 0.275 e. The van der Waals surface area contributed by atoms with Crippen LogP contribution in [0.5, 0.6) is 0 Å². The lowest BCUT2D eigenvalue weighted by molar-refractivity contribution is 0.102. The summed E-state index contributed by atoms with van der Waals surface area (Å²) >= 11 is 6.25. The largest absolute Gasteiger partial charge is 0.355 e. The molecule has 0 spiro atoms. The number of hydrogen-bond acceptors (Lipinski definition) is 4. The number of amides is 1. The number of nitrogens with one attached hydrogen (secondary N) is 1. The quantitative estimate of drug-likeness (QED) is 0.884. The van der Waals surface area contributed by atoms with Gasteiger partial charge >= 0.3 is 0 Å². The van der Waals surface area contributed by atoms with Crippen LogP contribution in [-0.4, -0.2) is 29.0 Å². The van der Waals surface area contributed by atoms with E-state index in [2.05, 4.69) is 20.2 Å². The molecule has 0 aliphatic carbocycles. The molecule has 1 aromatic carbocycles. The maximum Gasteiger partial charge on any atom is 0.275 e. The first kappa shape index (κ1) is 17.7. The Kier molecular flexibility index (Phi) is 5.53. The molecule has 1 aliphatic rings. The van der Waals surface area contributed by atoms with Crippen molar-refractivity contribution in [1.29, 1.82) is 0 Å². The van der Waals surface area contributed by atoms with Crippen molar-refractivity contribution in [1.82, 2.24) is 9.97 Å². The highest BCUT2D eigenvalue weighted by atomic mass is 35.5. The number of rotatable bonds is 3. The number of aryl methyl sites for hydroxylation is 2. The highest BCUT2D eigenvalue weighted by Gasteiger charge is 2.15. The molecule has 132 valence electrons. The minimum Gasteiger partial charge on any atom is -0.355 e. The lowest BCUT2D eigenvalue weighted by Gasteiger charge is -2.20. The maximum absolute atomic E-state index is 12.5. The standard InChI is InChI=1S/C19H23ClN4O/c1-13-9-14(2)18(15(20)10-13)23-19(25)16-11-22-17(12-21-16)24-7-5-3-4-6-8-24/h9-12H,3-8H2,1-2H3,(H,23,25). The highest BCUT2D eigenvalue weighted by molar-refractivity contribution is 6.34. The first-order chi connectivity index (χ1) is 12.0. The number of carbonyl (C=O) groups is 1. The van der Waals surface area contributed by atoms with Gasteiger partial charge in [-0.15, -0.1) is 0 Å². The Morgan fingerprint density at radius 1 is 1.08 bits per heavy atom. The zero-order valence-corrected chi connectivity index (χ0v) is 15.4. The Bertz CT molecular complexity index is 730. The summed E-state index contributed by atoms with van der Waals surface area (Å²) in [6.07, 6.45) is 8.10. The first-order valence-corrected chi connectivity index (χ1v) is 9.07. The lowest BCUT2D eigenvalue weighted by Crippen LogP contribution is -2.25. The van der Waals surface area contributed by atoms with Crippen LogP contribution in [0.2, 0.25) is 5.02 Å². The van der Waals surface area contributed by atoms with Crippen LogP contribution in [0.1, 0.15) is 47.3 Å². The molecule has 0 bridgehead atoms. The molecule has 1 aliphatic heterocycles. The molecule has 0 unspecified atom stereocenters. The number of benzene rings is 1. The summed E-state index contributed by atoms with van der Waals surface area (Å²) in [5, 5.41) is 3.37. The summed E-state index contributed by atoms with van der Waals surface area (Å²) < 4.78 is 0. The third-order valence-corrected chi connectivity index (χ3v) is 4.77. The first-order valence-electron chi connectivity index (χ1n) is 8.69. The molecular formula is C19H23ClN4O. The van der Waals surface area contributed by atoms with Gasteiger partial charge in [0.05, 0.1) is 23.1 Å². The third-order valence-electron chi connectivity index (χ3n) is 4.47. The van der Waals surface area contributed by atoms with Crippen molar-refractivity contribution in [3.63, 3.8) is 0 Å². The number of nitrogens with zero attached hydrogens (tertiary/aromatic N) is 3. The molecule has 6 heteroatoms. The summed E-state index contributed by atoms with van der Waals surface area (Å²) in [6, 6.07) is 3.81. The lowest BCUT2D eigenvalue weighted by atomic mass is 10.1. The van der Waals surface area contributed by atoms with E-state index in [4.69, 9.17) is 11.6 Å². The molecule has 0 atom stereocenters. The van der Waals surface area contributed by atoms with Crippen molar-refractivity contribution in [3.8, 4) is 0 Å². The van der Waals surface area contributed by atoms with Crippen LogP contribution in [0, 0.1) is 13.8 Å². The molecule has 5 nitrogen and oxygen atoms in total. The van der Waals surface area contributed by atoms with Gasteiger partial charge in [-0.2, -0.15) is 0 Å². The van der Waals surface area contributed by atoms with Gasteiger partial charge in [-0.3, -0.25) is 4.79 Å². The monoisotopic (exact) mass is 358 g/mol. The van der Waals surface area contributed by atoms with E-state index >= 15 is 0 Å². The number of anilines is 2. The minimum atomic E-state index is -0.302. The van der Waals surface area contributed by atoms with E-state index in [9.17, 15) is 4.79 Å². The maximum atomic E-state index is 12.5. The Labute approximate surface area is 153 Å². The van der Waals surface area contributed by atoms with E-state index in [-0.39, 0.29) is 11.6 Å². The normalized spacial score (nSPS) is 14.9. The average Bonchev–Trinajstić information content (AvgIpc) is 2.87. The van der Waals surface area contributed by atoms with Crippen molar-refractivity contribution in [3.05, 3.63) is 46.4 Å². The van der Waals surface area contributed by atoms with Crippen molar-refractivity contribution in [2.24, 2.45) is 0 Å². The van der Waals surface area contributed by atoms with E-state index < -0.39 is 0 Å². The van der Waals surface area contributed by atoms with E-state index in [0.29, 0.717) is 10.7 Å². The molecule has 1 aromatic heterocycles. The summed E-state index contributed by atoms with van der Waals surface area (Å²) in [5.41, 5.74) is 2.89. The minimum absolute atomic E-state index is 0.287. The summed E-state index contributed by atoms with van der Waals surface area (Å²) in [7, 11) is 0. The SMILES string of the molecule is Cc1cc(C)c(NC(=O)c2cnc(N3CCCCCC3)cn2)c(Cl)c1. The van der Waals surface area contributed by atoms with Crippen LogP contribution >= 0.6 is 11.6 Å². The molecule has 1 amide bonds. The molecule has 3 rings (SSSR count). The van der Waals surface area contributed by atoms with E-state index in [1.54, 1.807) is 6.20 Å². The van der Waals surface area contributed by atoms with Gasteiger partial charge in [-0.1, -0.05) is 30.5 Å². The summed E-state index contributed by atoms with van der Waals surface area (Å²) in [5.74, 6) is 0.534. The van der Waals surface area contributed by atoms with Gasteiger partial charge in [0.1, 0.15) is 11.5 Å². The Morgan fingerprint density at radius 3 is 2.40 bits per heavy atom. The van der Waals surface area contributed by atoms with Gasteiger partial charge in [0.25, 0.3) is 5.91 Å². The number of aromatic nitrogens is 2.